The van der Waals surface area contributed by atoms with Gasteiger partial charge < -0.3 is 19.7 Å². The Morgan fingerprint density at radius 2 is 1.84 bits per heavy atom. The molecule has 0 radical (unpaired) electrons. The number of benzene rings is 1. The van der Waals surface area contributed by atoms with Gasteiger partial charge in [0, 0.05) is 18.0 Å². The third-order valence-electron chi connectivity index (χ3n) is 5.37. The molecule has 0 amide bonds. The molecule has 1 saturated heterocycles. The predicted octanol–water partition coefficient (Wildman–Crippen LogP) is 4.84. The number of carbonyl (C=O) groups excluding carboxylic acids is 1. The largest absolute Gasteiger partial charge is 0.462 e. The molecule has 2 aromatic heterocycles. The predicted molar refractivity (Wildman–Crippen MR) is 125 cm³/mol. The third kappa shape index (κ3) is 4.36. The highest BCUT2D eigenvalue weighted by Gasteiger charge is 2.28. The van der Waals surface area contributed by atoms with Crippen LogP contribution in [0.5, 0.6) is 0 Å². The summed E-state index contributed by atoms with van der Waals surface area (Å²) in [4.78, 5) is 25.7. The maximum atomic E-state index is 12.7. The number of para-hydroxylation sites is 2. The molecular weight excluding hydrogens is 412 g/mol. The molecule has 7 nitrogen and oxygen atoms in total. The number of nitrogens with one attached hydrogen (secondary N) is 1. The molecular formula is C23H28N4O3S. The number of hydrogen-bond acceptors (Lipinski definition) is 8. The van der Waals surface area contributed by atoms with E-state index >= 15 is 0 Å². The van der Waals surface area contributed by atoms with E-state index < -0.39 is 0 Å². The summed E-state index contributed by atoms with van der Waals surface area (Å²) in [5, 5.41) is 4.15. The first-order valence-electron chi connectivity index (χ1n) is 10.6. The number of aryl methyl sites for hydroxylation is 1. The molecule has 31 heavy (non-hydrogen) atoms. The SMILES string of the molecule is CCOC(=O)c1c(Nc2nc3ccccc3nc2N2C[C@H](C)O[C@@H](C)C2)sc(C)c1C. The van der Waals surface area contributed by atoms with Gasteiger partial charge in [-0.15, -0.1) is 11.3 Å². The van der Waals surface area contributed by atoms with E-state index in [2.05, 4.69) is 24.1 Å². The van der Waals surface area contributed by atoms with Gasteiger partial charge >= 0.3 is 5.97 Å². The molecule has 1 N–H and O–H groups in total. The molecule has 4 rings (SSSR count). The lowest BCUT2D eigenvalue weighted by Gasteiger charge is -2.36. The van der Waals surface area contributed by atoms with Crippen LogP contribution in [0.1, 0.15) is 41.6 Å². The highest BCUT2D eigenvalue weighted by Crippen LogP contribution is 2.37. The van der Waals surface area contributed by atoms with Crippen molar-refractivity contribution in [3.63, 3.8) is 0 Å². The lowest BCUT2D eigenvalue weighted by atomic mass is 10.1. The highest BCUT2D eigenvalue weighted by molar-refractivity contribution is 7.16. The van der Waals surface area contributed by atoms with E-state index in [4.69, 9.17) is 19.4 Å². The van der Waals surface area contributed by atoms with Crippen LogP contribution in [-0.2, 0) is 9.47 Å². The van der Waals surface area contributed by atoms with Gasteiger partial charge in [0.1, 0.15) is 5.00 Å². The molecule has 1 fully saturated rings. The van der Waals surface area contributed by atoms with Gasteiger partial charge in [0.05, 0.1) is 35.4 Å². The fraction of sp³-hybridized carbons (Fsp3) is 0.435. The number of aromatic nitrogens is 2. The van der Waals surface area contributed by atoms with Crippen LogP contribution in [-0.4, -0.2) is 47.8 Å². The average Bonchev–Trinajstić information content (AvgIpc) is 3.00. The van der Waals surface area contributed by atoms with Crippen molar-refractivity contribution in [3.05, 3.63) is 40.3 Å². The van der Waals surface area contributed by atoms with Crippen molar-refractivity contribution in [1.82, 2.24) is 9.97 Å². The molecule has 0 spiro atoms. The minimum Gasteiger partial charge on any atom is -0.462 e. The Kier molecular flexibility index (Phi) is 6.11. The average molecular weight is 441 g/mol. The quantitative estimate of drug-likeness (QED) is 0.569. The second-order valence-corrected chi connectivity index (χ2v) is 9.10. The zero-order valence-electron chi connectivity index (χ0n) is 18.6. The first kappa shape index (κ1) is 21.5. The number of esters is 1. The van der Waals surface area contributed by atoms with Gasteiger partial charge in [-0.1, -0.05) is 12.1 Å². The van der Waals surface area contributed by atoms with Gasteiger partial charge in [-0.25, -0.2) is 14.8 Å². The van der Waals surface area contributed by atoms with Gasteiger partial charge in [0.2, 0.25) is 0 Å². The Bertz CT molecular complexity index is 1100. The molecule has 0 bridgehead atoms. The fourth-order valence-corrected chi connectivity index (χ4v) is 4.97. The van der Waals surface area contributed by atoms with Crippen molar-refractivity contribution in [3.8, 4) is 0 Å². The molecule has 1 aliphatic heterocycles. The molecule has 3 heterocycles. The van der Waals surface area contributed by atoms with Crippen molar-refractivity contribution < 1.29 is 14.3 Å². The Labute approximate surface area is 186 Å². The van der Waals surface area contributed by atoms with Crippen molar-refractivity contribution in [1.29, 1.82) is 0 Å². The van der Waals surface area contributed by atoms with Gasteiger partial charge in [0.25, 0.3) is 0 Å². The Balaban J connectivity index is 1.80. The smallest absolute Gasteiger partial charge is 0.341 e. The second-order valence-electron chi connectivity index (χ2n) is 7.88. The molecule has 0 unspecified atom stereocenters. The highest BCUT2D eigenvalue weighted by atomic mass is 32.1. The van der Waals surface area contributed by atoms with Crippen molar-refractivity contribution >= 4 is 45.0 Å². The van der Waals surface area contributed by atoms with Crippen molar-refractivity contribution in [2.75, 3.05) is 29.9 Å². The van der Waals surface area contributed by atoms with Crippen LogP contribution in [0.15, 0.2) is 24.3 Å². The normalized spacial score (nSPS) is 18.9. The molecule has 3 aromatic rings. The second kappa shape index (κ2) is 8.80. The molecule has 1 aliphatic rings. The van der Waals surface area contributed by atoms with Crippen LogP contribution < -0.4 is 10.2 Å². The number of carbonyl (C=O) groups is 1. The first-order chi connectivity index (χ1) is 14.9. The summed E-state index contributed by atoms with van der Waals surface area (Å²) in [5.41, 5.74) is 3.12. The van der Waals surface area contributed by atoms with Gasteiger partial charge in [-0.3, -0.25) is 0 Å². The summed E-state index contributed by atoms with van der Waals surface area (Å²) in [7, 11) is 0. The summed E-state index contributed by atoms with van der Waals surface area (Å²) >= 11 is 1.53. The Hall–Kier alpha value is -2.71. The molecule has 0 aliphatic carbocycles. The maximum absolute atomic E-state index is 12.7. The number of rotatable bonds is 5. The summed E-state index contributed by atoms with van der Waals surface area (Å²) in [6.07, 6.45) is 0.178. The van der Waals surface area contributed by atoms with Gasteiger partial charge in [-0.2, -0.15) is 0 Å². The van der Waals surface area contributed by atoms with Crippen LogP contribution in [0.25, 0.3) is 11.0 Å². The number of ether oxygens (including phenoxy) is 2. The zero-order valence-corrected chi connectivity index (χ0v) is 19.4. The maximum Gasteiger partial charge on any atom is 0.341 e. The Morgan fingerprint density at radius 3 is 2.48 bits per heavy atom. The molecule has 1 aromatic carbocycles. The van der Waals surface area contributed by atoms with Crippen LogP contribution in [0.2, 0.25) is 0 Å². The minimum absolute atomic E-state index is 0.0891. The van der Waals surface area contributed by atoms with Crippen LogP contribution in [0.4, 0.5) is 16.6 Å². The van der Waals surface area contributed by atoms with E-state index in [9.17, 15) is 4.79 Å². The van der Waals surface area contributed by atoms with E-state index in [-0.39, 0.29) is 18.2 Å². The van der Waals surface area contributed by atoms with Gasteiger partial charge in [-0.05, 0) is 52.3 Å². The number of thiophene rings is 1. The molecule has 8 heteroatoms. The first-order valence-corrected chi connectivity index (χ1v) is 11.4. The van der Waals surface area contributed by atoms with Crippen LogP contribution in [0, 0.1) is 13.8 Å². The summed E-state index contributed by atoms with van der Waals surface area (Å²) in [5.74, 6) is 1.07. The minimum atomic E-state index is -0.323. The van der Waals surface area contributed by atoms with Crippen LogP contribution in [0.3, 0.4) is 0 Å². The number of anilines is 3. The Morgan fingerprint density at radius 1 is 1.19 bits per heavy atom. The molecule has 164 valence electrons. The summed E-state index contributed by atoms with van der Waals surface area (Å²) in [6, 6.07) is 7.82. The molecule has 2 atom stereocenters. The number of hydrogen-bond donors (Lipinski definition) is 1. The lowest BCUT2D eigenvalue weighted by molar-refractivity contribution is -0.00541. The summed E-state index contributed by atoms with van der Waals surface area (Å²) in [6.45, 7) is 11.7. The van der Waals surface area contributed by atoms with E-state index in [1.54, 1.807) is 0 Å². The zero-order chi connectivity index (χ0) is 22.1. The lowest BCUT2D eigenvalue weighted by Crippen LogP contribution is -2.46. The van der Waals surface area contributed by atoms with E-state index in [0.717, 1.165) is 45.4 Å². The monoisotopic (exact) mass is 440 g/mol. The summed E-state index contributed by atoms with van der Waals surface area (Å²) < 4.78 is 11.2. The number of fused-ring (bicyclic) bond motifs is 1. The van der Waals surface area contributed by atoms with Crippen LogP contribution >= 0.6 is 11.3 Å². The van der Waals surface area contributed by atoms with Gasteiger partial charge in [0.15, 0.2) is 11.6 Å². The van der Waals surface area contributed by atoms with Crippen molar-refractivity contribution in [2.45, 2.75) is 46.8 Å². The van der Waals surface area contributed by atoms with E-state index in [1.807, 2.05) is 45.0 Å². The standard InChI is InChI=1S/C23H28N4O3S/c1-6-29-23(28)19-15(4)16(5)31-22(19)26-20-21(27-11-13(2)30-14(3)12-27)25-18-10-8-7-9-17(18)24-20/h7-10,13-14H,6,11-12H2,1-5H3,(H,24,26)/t13-,14-/m0/s1. The third-order valence-corrected chi connectivity index (χ3v) is 6.49. The fourth-order valence-electron chi connectivity index (χ4n) is 3.92. The number of nitrogens with zero attached hydrogens (tertiary/aromatic N) is 3. The molecule has 0 saturated carbocycles. The van der Waals surface area contributed by atoms with E-state index in [0.29, 0.717) is 18.0 Å². The van der Waals surface area contributed by atoms with E-state index in [1.165, 1.54) is 11.3 Å². The number of morpholine rings is 1. The van der Waals surface area contributed by atoms with Crippen molar-refractivity contribution in [2.24, 2.45) is 0 Å². The topological polar surface area (TPSA) is 76.6 Å².